The summed E-state index contributed by atoms with van der Waals surface area (Å²) in [6.45, 7) is 3.93. The highest BCUT2D eigenvalue weighted by Gasteiger charge is 2.26. The van der Waals surface area contributed by atoms with E-state index in [1.807, 2.05) is 54.6 Å². The summed E-state index contributed by atoms with van der Waals surface area (Å²) >= 11 is 0. The molecular formula is C33H35N5O4. The molecule has 7 rings (SSSR count). The lowest BCUT2D eigenvalue weighted by molar-refractivity contribution is 0.0601. The Morgan fingerprint density at radius 3 is 2.60 bits per heavy atom. The number of pyridine rings is 1. The third kappa shape index (κ3) is 5.48. The number of fused-ring (bicyclic) bond motifs is 2. The van der Waals surface area contributed by atoms with Crippen LogP contribution in [0.3, 0.4) is 0 Å². The molecule has 0 spiro atoms. The molecule has 2 fully saturated rings. The minimum atomic E-state index is -0.314. The van der Waals surface area contributed by atoms with Crippen molar-refractivity contribution in [3.63, 3.8) is 0 Å². The number of benzene rings is 2. The Kier molecular flexibility index (Phi) is 7.34. The van der Waals surface area contributed by atoms with E-state index in [9.17, 15) is 4.79 Å². The second kappa shape index (κ2) is 11.6. The predicted molar refractivity (Wildman–Crippen MR) is 158 cm³/mol. The summed E-state index contributed by atoms with van der Waals surface area (Å²) in [6.07, 6.45) is 5.86. The van der Waals surface area contributed by atoms with Crippen molar-refractivity contribution >= 4 is 28.1 Å². The summed E-state index contributed by atoms with van der Waals surface area (Å²) in [6, 6.07) is 19.4. The van der Waals surface area contributed by atoms with Crippen molar-refractivity contribution in [3.8, 4) is 5.88 Å². The average Bonchev–Trinajstić information content (AvgIpc) is 3.58. The molecule has 2 aromatic carbocycles. The van der Waals surface area contributed by atoms with E-state index in [4.69, 9.17) is 23.9 Å². The zero-order chi connectivity index (χ0) is 28.5. The topological polar surface area (TPSA) is 95.5 Å². The van der Waals surface area contributed by atoms with Crippen LogP contribution in [-0.4, -0.2) is 50.6 Å². The fraction of sp³-hybridized carbons (Fsp3) is 0.394. The molecule has 0 radical (unpaired) electrons. The quantitative estimate of drug-likeness (QED) is 0.197. The Labute approximate surface area is 244 Å². The molecule has 5 aromatic rings. The van der Waals surface area contributed by atoms with E-state index in [-0.39, 0.29) is 12.6 Å². The summed E-state index contributed by atoms with van der Waals surface area (Å²) in [5, 5.41) is 0. The van der Waals surface area contributed by atoms with Crippen molar-refractivity contribution in [1.29, 1.82) is 0 Å². The lowest BCUT2D eigenvalue weighted by Crippen LogP contribution is -2.34. The van der Waals surface area contributed by atoms with Gasteiger partial charge >= 0.3 is 5.97 Å². The summed E-state index contributed by atoms with van der Waals surface area (Å²) in [5.74, 6) is 2.95. The second-order valence-corrected chi connectivity index (χ2v) is 11.4. The van der Waals surface area contributed by atoms with Crippen LogP contribution in [0.2, 0.25) is 0 Å². The number of para-hydroxylation sites is 2. The molecule has 0 bridgehead atoms. The van der Waals surface area contributed by atoms with Crippen LogP contribution in [0.1, 0.15) is 65.8 Å². The summed E-state index contributed by atoms with van der Waals surface area (Å²) in [4.78, 5) is 29.0. The number of rotatable bonds is 9. The molecule has 0 N–H and O–H groups in total. The van der Waals surface area contributed by atoms with Crippen molar-refractivity contribution in [1.82, 2.24) is 24.4 Å². The lowest BCUT2D eigenvalue weighted by atomic mass is 9.85. The summed E-state index contributed by atoms with van der Waals surface area (Å²) in [7, 11) is 1.42. The molecule has 2 aliphatic rings. The van der Waals surface area contributed by atoms with Gasteiger partial charge in [-0.2, -0.15) is 0 Å². The molecule has 216 valence electrons. The third-order valence-electron chi connectivity index (χ3n) is 8.71. The highest BCUT2D eigenvalue weighted by molar-refractivity contribution is 5.93. The van der Waals surface area contributed by atoms with Gasteiger partial charge < -0.3 is 18.5 Å². The van der Waals surface area contributed by atoms with Crippen LogP contribution in [-0.2, 0) is 24.4 Å². The Balaban J connectivity index is 1.01. The normalized spacial score (nSPS) is 16.6. The van der Waals surface area contributed by atoms with Crippen molar-refractivity contribution in [2.45, 2.75) is 57.7 Å². The van der Waals surface area contributed by atoms with Crippen LogP contribution >= 0.6 is 0 Å². The van der Waals surface area contributed by atoms with E-state index < -0.39 is 0 Å². The number of likely N-dealkylation sites (tertiary alicyclic amines) is 1. The second-order valence-electron chi connectivity index (χ2n) is 11.4. The van der Waals surface area contributed by atoms with Gasteiger partial charge in [-0.05, 0) is 81.1 Å². The zero-order valence-corrected chi connectivity index (χ0v) is 23.9. The van der Waals surface area contributed by atoms with Crippen LogP contribution in [0.25, 0.3) is 22.1 Å². The predicted octanol–water partition coefficient (Wildman–Crippen LogP) is 6.12. The largest absolute Gasteiger partial charge is 0.468 e. The molecule has 0 atom stereocenters. The van der Waals surface area contributed by atoms with Crippen molar-refractivity contribution < 1.29 is 18.7 Å². The standard InChI is InChI=1S/C33H35N5O4/c1-40-33(39)24-12-13-26-28(18-24)38(19-22-6-4-7-22)30(34-26)20-37-16-14-23(15-17-37)25-9-5-11-31(35-25)41-21-32-36-27-8-2-3-10-29(27)42-32/h2-3,5,8-13,18,22-23H,4,6-7,14-17,19-21H2,1H3. The average molecular weight is 566 g/mol. The van der Waals surface area contributed by atoms with Crippen molar-refractivity contribution in [3.05, 3.63) is 83.6 Å². The first-order valence-corrected chi connectivity index (χ1v) is 14.9. The van der Waals surface area contributed by atoms with Gasteiger partial charge in [0.1, 0.15) is 11.3 Å². The van der Waals surface area contributed by atoms with Gasteiger partial charge in [0.25, 0.3) is 0 Å². The molecule has 4 heterocycles. The number of piperidine rings is 1. The maximum absolute atomic E-state index is 12.2. The Hall–Kier alpha value is -4.24. The first kappa shape index (κ1) is 26.6. The van der Waals surface area contributed by atoms with Gasteiger partial charge in [0.2, 0.25) is 11.8 Å². The van der Waals surface area contributed by atoms with E-state index >= 15 is 0 Å². The molecule has 1 saturated carbocycles. The molecule has 1 aliphatic carbocycles. The minimum absolute atomic E-state index is 0.243. The minimum Gasteiger partial charge on any atom is -0.468 e. The van der Waals surface area contributed by atoms with Gasteiger partial charge in [0.15, 0.2) is 12.2 Å². The number of hydrogen-bond donors (Lipinski definition) is 0. The van der Waals surface area contributed by atoms with Crippen LogP contribution in [0, 0.1) is 5.92 Å². The maximum Gasteiger partial charge on any atom is 0.337 e. The van der Waals surface area contributed by atoms with Crippen LogP contribution in [0.15, 0.2) is 65.1 Å². The lowest BCUT2D eigenvalue weighted by Gasteiger charge is -2.32. The molecule has 9 nitrogen and oxygen atoms in total. The number of nitrogens with zero attached hydrogens (tertiary/aromatic N) is 5. The van der Waals surface area contributed by atoms with Gasteiger partial charge in [-0.3, -0.25) is 4.90 Å². The molecule has 3 aromatic heterocycles. The van der Waals surface area contributed by atoms with Crippen LogP contribution < -0.4 is 4.74 Å². The number of hydrogen-bond acceptors (Lipinski definition) is 8. The number of aromatic nitrogens is 4. The summed E-state index contributed by atoms with van der Waals surface area (Å²) < 4.78 is 19.0. The van der Waals surface area contributed by atoms with Gasteiger partial charge in [-0.1, -0.05) is 24.6 Å². The fourth-order valence-electron chi connectivity index (χ4n) is 6.12. The number of carbonyl (C=O) groups is 1. The van der Waals surface area contributed by atoms with Crippen molar-refractivity contribution in [2.24, 2.45) is 5.92 Å². The first-order valence-electron chi connectivity index (χ1n) is 14.9. The fourth-order valence-corrected chi connectivity index (χ4v) is 6.12. The zero-order valence-electron chi connectivity index (χ0n) is 23.9. The van der Waals surface area contributed by atoms with Gasteiger partial charge in [-0.25, -0.2) is 19.7 Å². The van der Waals surface area contributed by atoms with Crippen LogP contribution in [0.5, 0.6) is 5.88 Å². The van der Waals surface area contributed by atoms with Crippen LogP contribution in [0.4, 0.5) is 0 Å². The Morgan fingerprint density at radius 2 is 1.81 bits per heavy atom. The molecule has 42 heavy (non-hydrogen) atoms. The number of imidazole rings is 1. The molecule has 9 heteroatoms. The van der Waals surface area contributed by atoms with Gasteiger partial charge in [0, 0.05) is 24.2 Å². The number of ether oxygens (including phenoxy) is 2. The van der Waals surface area contributed by atoms with E-state index in [0.717, 1.165) is 72.7 Å². The first-order chi connectivity index (χ1) is 20.6. The molecule has 0 unspecified atom stereocenters. The van der Waals surface area contributed by atoms with E-state index in [2.05, 4.69) is 20.5 Å². The maximum atomic E-state index is 12.2. The number of methoxy groups -OCH3 is 1. The molecule has 0 amide bonds. The Morgan fingerprint density at radius 1 is 0.952 bits per heavy atom. The highest BCUT2D eigenvalue weighted by atomic mass is 16.5. The number of carbonyl (C=O) groups excluding carboxylic acids is 1. The van der Waals surface area contributed by atoms with Crippen molar-refractivity contribution in [2.75, 3.05) is 20.2 Å². The molecule has 1 saturated heterocycles. The Bertz CT molecular complexity index is 1680. The monoisotopic (exact) mass is 565 g/mol. The van der Waals surface area contributed by atoms with E-state index in [1.54, 1.807) is 0 Å². The SMILES string of the molecule is COC(=O)c1ccc2nc(CN3CCC(c4cccc(OCc5nc6ccccc6o5)n4)CC3)n(CC3CCC3)c2c1. The third-order valence-corrected chi connectivity index (χ3v) is 8.71. The van der Waals surface area contributed by atoms with E-state index in [1.165, 1.54) is 26.4 Å². The van der Waals surface area contributed by atoms with Gasteiger partial charge in [-0.15, -0.1) is 0 Å². The van der Waals surface area contributed by atoms with Gasteiger partial charge in [0.05, 0.1) is 30.3 Å². The molecule has 1 aliphatic heterocycles. The smallest absolute Gasteiger partial charge is 0.337 e. The highest BCUT2D eigenvalue weighted by Crippen LogP contribution is 2.32. The number of oxazole rings is 1. The molecular weight excluding hydrogens is 530 g/mol. The number of esters is 1. The van der Waals surface area contributed by atoms with E-state index in [0.29, 0.717) is 29.2 Å². The summed E-state index contributed by atoms with van der Waals surface area (Å²) in [5.41, 5.74) is 5.18.